The lowest BCUT2D eigenvalue weighted by atomic mass is 10.0. The van der Waals surface area contributed by atoms with Gasteiger partial charge in [0.05, 0.1) is 0 Å². The number of benzene rings is 2. The molecule has 0 radical (unpaired) electrons. The van der Waals surface area contributed by atoms with E-state index in [2.05, 4.69) is 31.2 Å². The van der Waals surface area contributed by atoms with Crippen LogP contribution in [0.1, 0.15) is 42.5 Å². The van der Waals surface area contributed by atoms with Gasteiger partial charge < -0.3 is 0 Å². The standard InChI is InChI=1S/C20H22F2/c1-3-4-16-5-7-17(8-6-16)9-10-18-11-13-19(14-12-18)20(22)15(2)21/h5-8,11-14H,3-4,9-10H2,1-2H3. The predicted octanol–water partition coefficient (Wildman–Crippen LogP) is 6.05. The summed E-state index contributed by atoms with van der Waals surface area (Å²) in [6.07, 6.45) is 4.13. The average molecular weight is 300 g/mol. The Labute approximate surface area is 131 Å². The number of rotatable bonds is 6. The monoisotopic (exact) mass is 300 g/mol. The SMILES string of the molecule is CCCc1ccc(CCc2ccc(C(F)=C(C)F)cc2)cc1. The normalized spacial score (nSPS) is 12.2. The third kappa shape index (κ3) is 4.52. The molecule has 0 fully saturated rings. The smallest absolute Gasteiger partial charge is 0.161 e. The average Bonchev–Trinajstić information content (AvgIpc) is 2.54. The van der Waals surface area contributed by atoms with Crippen molar-refractivity contribution in [3.8, 4) is 0 Å². The number of allylic oxidation sites excluding steroid dienone is 1. The van der Waals surface area contributed by atoms with Crippen molar-refractivity contribution in [2.45, 2.75) is 39.5 Å². The molecule has 2 heteroatoms. The highest BCUT2D eigenvalue weighted by atomic mass is 19.2. The van der Waals surface area contributed by atoms with Crippen LogP contribution in [0.2, 0.25) is 0 Å². The quantitative estimate of drug-likeness (QED) is 0.609. The number of hydrogen-bond donors (Lipinski definition) is 0. The van der Waals surface area contributed by atoms with Crippen molar-refractivity contribution in [1.29, 1.82) is 0 Å². The van der Waals surface area contributed by atoms with Gasteiger partial charge in [0.2, 0.25) is 0 Å². The fourth-order valence-corrected chi connectivity index (χ4v) is 2.47. The first-order valence-corrected chi connectivity index (χ1v) is 7.79. The van der Waals surface area contributed by atoms with Crippen LogP contribution in [0.5, 0.6) is 0 Å². The van der Waals surface area contributed by atoms with E-state index in [9.17, 15) is 8.78 Å². The third-order valence-corrected chi connectivity index (χ3v) is 3.77. The Hall–Kier alpha value is -1.96. The predicted molar refractivity (Wildman–Crippen MR) is 89.1 cm³/mol. The highest BCUT2D eigenvalue weighted by Crippen LogP contribution is 2.21. The molecule has 22 heavy (non-hydrogen) atoms. The van der Waals surface area contributed by atoms with Gasteiger partial charge in [0.15, 0.2) is 5.83 Å². The summed E-state index contributed by atoms with van der Waals surface area (Å²) in [5.74, 6) is -1.56. The summed E-state index contributed by atoms with van der Waals surface area (Å²) in [6.45, 7) is 3.31. The summed E-state index contributed by atoms with van der Waals surface area (Å²) in [4.78, 5) is 0. The maximum atomic E-state index is 13.4. The zero-order valence-electron chi connectivity index (χ0n) is 13.2. The molecule has 0 nitrogen and oxygen atoms in total. The Morgan fingerprint density at radius 2 is 1.14 bits per heavy atom. The molecule has 0 spiro atoms. The van der Waals surface area contributed by atoms with Crippen LogP contribution >= 0.6 is 0 Å². The molecule has 0 aliphatic carbocycles. The summed E-state index contributed by atoms with van der Waals surface area (Å²) >= 11 is 0. The fourth-order valence-electron chi connectivity index (χ4n) is 2.47. The lowest BCUT2D eigenvalue weighted by molar-refractivity contribution is 0.606. The van der Waals surface area contributed by atoms with Crippen molar-refractivity contribution < 1.29 is 8.78 Å². The van der Waals surface area contributed by atoms with Gasteiger partial charge in [-0.05, 0) is 42.9 Å². The van der Waals surface area contributed by atoms with E-state index in [1.165, 1.54) is 11.1 Å². The van der Waals surface area contributed by atoms with Crippen LogP contribution in [0.15, 0.2) is 54.4 Å². The van der Waals surface area contributed by atoms with Gasteiger partial charge in [0, 0.05) is 5.56 Å². The van der Waals surface area contributed by atoms with Crippen molar-refractivity contribution in [2.75, 3.05) is 0 Å². The van der Waals surface area contributed by atoms with E-state index in [0.29, 0.717) is 5.56 Å². The van der Waals surface area contributed by atoms with E-state index >= 15 is 0 Å². The molecule has 2 aromatic carbocycles. The maximum Gasteiger partial charge on any atom is 0.161 e. The van der Waals surface area contributed by atoms with Crippen LogP contribution in [0, 0.1) is 0 Å². The molecule has 0 aliphatic heterocycles. The Balaban J connectivity index is 1.95. The van der Waals surface area contributed by atoms with Crippen LogP contribution in [-0.2, 0) is 19.3 Å². The summed E-state index contributed by atoms with van der Waals surface area (Å²) < 4.78 is 26.3. The second-order valence-corrected chi connectivity index (χ2v) is 5.61. The minimum Gasteiger partial charge on any atom is -0.209 e. The van der Waals surface area contributed by atoms with Gasteiger partial charge in [-0.15, -0.1) is 0 Å². The topological polar surface area (TPSA) is 0 Å². The molecular formula is C20H22F2. The van der Waals surface area contributed by atoms with Crippen LogP contribution in [-0.4, -0.2) is 0 Å². The summed E-state index contributed by atoms with van der Waals surface area (Å²) in [6, 6.07) is 15.7. The molecule has 116 valence electrons. The molecule has 0 saturated heterocycles. The lowest BCUT2D eigenvalue weighted by Crippen LogP contribution is -1.93. The molecule has 0 saturated carbocycles. The van der Waals surface area contributed by atoms with Gasteiger partial charge in [-0.3, -0.25) is 0 Å². The van der Waals surface area contributed by atoms with Gasteiger partial charge in [-0.1, -0.05) is 61.9 Å². The molecule has 0 aliphatic rings. The van der Waals surface area contributed by atoms with Gasteiger partial charge >= 0.3 is 0 Å². The Kier molecular flexibility index (Phi) is 5.88. The third-order valence-electron chi connectivity index (χ3n) is 3.77. The van der Waals surface area contributed by atoms with Crippen LogP contribution in [0.25, 0.3) is 5.83 Å². The van der Waals surface area contributed by atoms with Crippen LogP contribution in [0.3, 0.4) is 0 Å². The summed E-state index contributed by atoms with van der Waals surface area (Å²) in [5.41, 5.74) is 4.10. The summed E-state index contributed by atoms with van der Waals surface area (Å²) in [5, 5.41) is 0. The van der Waals surface area contributed by atoms with Crippen molar-refractivity contribution in [3.05, 3.63) is 76.6 Å². The molecule has 0 unspecified atom stereocenters. The second kappa shape index (κ2) is 7.88. The van der Waals surface area contributed by atoms with E-state index in [0.717, 1.165) is 38.2 Å². The molecule has 0 heterocycles. The van der Waals surface area contributed by atoms with Gasteiger partial charge in [0.1, 0.15) is 5.83 Å². The highest BCUT2D eigenvalue weighted by molar-refractivity contribution is 5.60. The largest absolute Gasteiger partial charge is 0.209 e. The molecule has 0 atom stereocenters. The number of aryl methyl sites for hydroxylation is 3. The van der Waals surface area contributed by atoms with E-state index < -0.39 is 11.7 Å². The van der Waals surface area contributed by atoms with E-state index in [-0.39, 0.29) is 0 Å². The van der Waals surface area contributed by atoms with Crippen molar-refractivity contribution in [1.82, 2.24) is 0 Å². The second-order valence-electron chi connectivity index (χ2n) is 5.61. The summed E-state index contributed by atoms with van der Waals surface area (Å²) in [7, 11) is 0. The molecule has 2 aromatic rings. The fraction of sp³-hybridized carbons (Fsp3) is 0.300. The van der Waals surface area contributed by atoms with Gasteiger partial charge in [-0.2, -0.15) is 0 Å². The lowest BCUT2D eigenvalue weighted by Gasteiger charge is -2.05. The van der Waals surface area contributed by atoms with E-state index in [1.54, 1.807) is 12.1 Å². The highest BCUT2D eigenvalue weighted by Gasteiger charge is 2.05. The molecule has 0 N–H and O–H groups in total. The van der Waals surface area contributed by atoms with Crippen molar-refractivity contribution >= 4 is 5.83 Å². The van der Waals surface area contributed by atoms with E-state index in [1.807, 2.05) is 12.1 Å². The van der Waals surface area contributed by atoms with E-state index in [4.69, 9.17) is 0 Å². The molecule has 2 rings (SSSR count). The molecule has 0 amide bonds. The Bertz CT molecular complexity index is 618. The first-order chi connectivity index (χ1) is 10.6. The minimum absolute atomic E-state index is 0.299. The van der Waals surface area contributed by atoms with Crippen molar-refractivity contribution in [2.24, 2.45) is 0 Å². The first-order valence-electron chi connectivity index (χ1n) is 7.79. The Morgan fingerprint density at radius 1 is 0.727 bits per heavy atom. The minimum atomic E-state index is -0.780. The molecule has 0 aromatic heterocycles. The zero-order valence-corrected chi connectivity index (χ0v) is 13.2. The number of halogens is 2. The van der Waals surface area contributed by atoms with Gasteiger partial charge in [0.25, 0.3) is 0 Å². The zero-order chi connectivity index (χ0) is 15.9. The van der Waals surface area contributed by atoms with Gasteiger partial charge in [-0.25, -0.2) is 8.78 Å². The van der Waals surface area contributed by atoms with Crippen LogP contribution in [0.4, 0.5) is 8.78 Å². The van der Waals surface area contributed by atoms with Crippen molar-refractivity contribution in [3.63, 3.8) is 0 Å². The number of hydrogen-bond acceptors (Lipinski definition) is 0. The maximum absolute atomic E-state index is 13.4. The Morgan fingerprint density at radius 3 is 1.55 bits per heavy atom. The van der Waals surface area contributed by atoms with Crippen LogP contribution < -0.4 is 0 Å². The molecule has 0 bridgehead atoms. The first kappa shape index (κ1) is 16.4. The molecular weight excluding hydrogens is 278 g/mol.